The quantitative estimate of drug-likeness (QED) is 0.435. The summed E-state index contributed by atoms with van der Waals surface area (Å²) in [4.78, 5) is 13.7. The van der Waals surface area contributed by atoms with E-state index in [1.165, 1.54) is 12.1 Å². The standard InChI is InChI=1S/C30H34FN3O2/c1-7-36-21-13-11-18(12-14-21)24-25-22(16-30(5,6)17-23(25)35)32-28-26(24)27(29(2,3)4)33-34(28)20-10-8-9-19(31)15-20/h8-15,24,32H,7,16-17H2,1-6H3. The number of rotatable bonds is 4. The monoisotopic (exact) mass is 487 g/mol. The molecule has 1 aliphatic carbocycles. The SMILES string of the molecule is CCOc1ccc(C2C3=C(CC(C)(C)CC3=O)Nc3c2c(C(C)(C)C)nn3-c2cccc(F)c2)cc1. The maximum absolute atomic E-state index is 14.3. The molecule has 188 valence electrons. The Hall–Kier alpha value is -3.41. The first kappa shape index (κ1) is 24.3. The van der Waals surface area contributed by atoms with Gasteiger partial charge < -0.3 is 10.1 Å². The molecule has 1 atom stereocenters. The molecular weight excluding hydrogens is 453 g/mol. The van der Waals surface area contributed by atoms with Crippen molar-refractivity contribution < 1.29 is 13.9 Å². The fourth-order valence-electron chi connectivity index (χ4n) is 5.50. The van der Waals surface area contributed by atoms with Crippen molar-refractivity contribution in [3.63, 3.8) is 0 Å². The van der Waals surface area contributed by atoms with Crippen LogP contribution in [0.3, 0.4) is 0 Å². The molecule has 36 heavy (non-hydrogen) atoms. The molecule has 0 amide bonds. The van der Waals surface area contributed by atoms with Gasteiger partial charge in [0.15, 0.2) is 5.78 Å². The molecule has 2 aliphatic rings. The van der Waals surface area contributed by atoms with Crippen molar-refractivity contribution in [1.82, 2.24) is 9.78 Å². The molecule has 1 aromatic heterocycles. The van der Waals surface area contributed by atoms with E-state index in [1.807, 2.05) is 37.3 Å². The Morgan fingerprint density at radius 1 is 1.14 bits per heavy atom. The number of hydrogen-bond donors (Lipinski definition) is 1. The first-order valence-corrected chi connectivity index (χ1v) is 12.6. The number of ketones is 1. The van der Waals surface area contributed by atoms with E-state index in [9.17, 15) is 9.18 Å². The molecule has 2 heterocycles. The number of benzene rings is 2. The zero-order valence-electron chi connectivity index (χ0n) is 21.9. The summed E-state index contributed by atoms with van der Waals surface area (Å²) in [6.07, 6.45) is 1.25. The number of allylic oxidation sites excluding steroid dienone is 2. The number of Topliss-reactive ketones (excluding diaryl/α,β-unsaturated/α-hetero) is 1. The van der Waals surface area contributed by atoms with E-state index in [0.29, 0.717) is 18.7 Å². The van der Waals surface area contributed by atoms with Crippen molar-refractivity contribution >= 4 is 11.6 Å². The Balaban J connectivity index is 1.79. The maximum Gasteiger partial charge on any atom is 0.162 e. The normalized spacial score (nSPS) is 19.0. The number of hydrogen-bond acceptors (Lipinski definition) is 4. The third-order valence-corrected chi connectivity index (χ3v) is 6.98. The van der Waals surface area contributed by atoms with Gasteiger partial charge in [0, 0.05) is 34.6 Å². The number of aromatic nitrogens is 2. The topological polar surface area (TPSA) is 56.1 Å². The first-order chi connectivity index (χ1) is 17.0. The zero-order chi connectivity index (χ0) is 25.8. The number of nitrogens with zero attached hydrogens (tertiary/aromatic N) is 2. The smallest absolute Gasteiger partial charge is 0.162 e. The van der Waals surface area contributed by atoms with Gasteiger partial charge in [-0.3, -0.25) is 4.79 Å². The predicted molar refractivity (Wildman–Crippen MR) is 140 cm³/mol. The molecule has 6 heteroatoms. The summed E-state index contributed by atoms with van der Waals surface area (Å²) in [6.45, 7) is 13.2. The van der Waals surface area contributed by atoms with E-state index >= 15 is 0 Å². The number of ether oxygens (including phenoxy) is 1. The third kappa shape index (κ3) is 4.23. The van der Waals surface area contributed by atoms with Crippen LogP contribution in [0.2, 0.25) is 0 Å². The van der Waals surface area contributed by atoms with Crippen LogP contribution < -0.4 is 10.1 Å². The molecule has 0 saturated carbocycles. The summed E-state index contributed by atoms with van der Waals surface area (Å²) in [5, 5.41) is 8.65. The molecule has 0 bridgehead atoms. The molecule has 0 spiro atoms. The van der Waals surface area contributed by atoms with Crippen LogP contribution in [0, 0.1) is 11.2 Å². The minimum atomic E-state index is -0.318. The van der Waals surface area contributed by atoms with E-state index in [4.69, 9.17) is 9.84 Å². The predicted octanol–water partition coefficient (Wildman–Crippen LogP) is 6.91. The molecule has 0 saturated heterocycles. The maximum atomic E-state index is 14.3. The molecule has 5 rings (SSSR count). The average molecular weight is 488 g/mol. The molecule has 5 nitrogen and oxygen atoms in total. The summed E-state index contributed by atoms with van der Waals surface area (Å²) in [5.74, 6) is 1.17. The van der Waals surface area contributed by atoms with Crippen LogP contribution in [0.15, 0.2) is 59.8 Å². The van der Waals surface area contributed by atoms with Gasteiger partial charge in [0.2, 0.25) is 0 Å². The van der Waals surface area contributed by atoms with Crippen molar-refractivity contribution in [3.05, 3.63) is 82.4 Å². The van der Waals surface area contributed by atoms with E-state index < -0.39 is 0 Å². The molecule has 1 N–H and O–H groups in total. The number of nitrogens with one attached hydrogen (secondary N) is 1. The Kier molecular flexibility index (Phi) is 5.81. The van der Waals surface area contributed by atoms with Gasteiger partial charge in [-0.05, 0) is 54.7 Å². The summed E-state index contributed by atoms with van der Waals surface area (Å²) in [7, 11) is 0. The largest absolute Gasteiger partial charge is 0.494 e. The van der Waals surface area contributed by atoms with Gasteiger partial charge in [0.25, 0.3) is 0 Å². The summed E-state index contributed by atoms with van der Waals surface area (Å²) >= 11 is 0. The van der Waals surface area contributed by atoms with Gasteiger partial charge >= 0.3 is 0 Å². The number of fused-ring (bicyclic) bond motifs is 1. The minimum absolute atomic E-state index is 0.152. The Morgan fingerprint density at radius 2 is 1.86 bits per heavy atom. The van der Waals surface area contributed by atoms with Gasteiger partial charge in [0.05, 0.1) is 18.0 Å². The number of anilines is 1. The van der Waals surface area contributed by atoms with Gasteiger partial charge in [0.1, 0.15) is 17.4 Å². The highest BCUT2D eigenvalue weighted by Gasteiger charge is 2.44. The van der Waals surface area contributed by atoms with E-state index in [-0.39, 0.29) is 28.3 Å². The zero-order valence-corrected chi connectivity index (χ0v) is 21.9. The van der Waals surface area contributed by atoms with Crippen LogP contribution in [0.1, 0.15) is 77.1 Å². The second-order valence-electron chi connectivity index (χ2n) is 11.6. The van der Waals surface area contributed by atoms with Gasteiger partial charge in [-0.2, -0.15) is 5.10 Å². The highest BCUT2D eigenvalue weighted by atomic mass is 19.1. The Labute approximate surface area is 212 Å². The highest BCUT2D eigenvalue weighted by molar-refractivity contribution is 6.01. The lowest BCUT2D eigenvalue weighted by atomic mass is 9.68. The minimum Gasteiger partial charge on any atom is -0.494 e. The number of halogens is 1. The van der Waals surface area contributed by atoms with Gasteiger partial charge in [-0.25, -0.2) is 9.07 Å². The van der Waals surface area contributed by atoms with Crippen LogP contribution in [0.5, 0.6) is 5.75 Å². The summed E-state index contributed by atoms with van der Waals surface area (Å²) < 4.78 is 21.7. The van der Waals surface area contributed by atoms with E-state index in [1.54, 1.807) is 10.7 Å². The highest BCUT2D eigenvalue weighted by Crippen LogP contribution is 2.52. The Bertz CT molecular complexity index is 1360. The Morgan fingerprint density at radius 3 is 2.50 bits per heavy atom. The molecule has 0 fully saturated rings. The van der Waals surface area contributed by atoms with Crippen molar-refractivity contribution in [3.8, 4) is 11.4 Å². The van der Waals surface area contributed by atoms with Crippen LogP contribution in [-0.2, 0) is 10.2 Å². The average Bonchev–Trinajstić information content (AvgIpc) is 3.17. The van der Waals surface area contributed by atoms with Gasteiger partial charge in [-0.1, -0.05) is 52.8 Å². The lowest BCUT2D eigenvalue weighted by molar-refractivity contribution is -0.118. The first-order valence-electron chi connectivity index (χ1n) is 12.6. The molecular formula is C30H34FN3O2. The van der Waals surface area contributed by atoms with Crippen LogP contribution in [0.4, 0.5) is 10.2 Å². The van der Waals surface area contributed by atoms with Gasteiger partial charge in [-0.15, -0.1) is 0 Å². The fourth-order valence-corrected chi connectivity index (χ4v) is 5.50. The molecule has 3 aromatic rings. The van der Waals surface area contributed by atoms with Crippen LogP contribution in [0.25, 0.3) is 5.69 Å². The fraction of sp³-hybridized carbons (Fsp3) is 0.400. The lowest BCUT2D eigenvalue weighted by Crippen LogP contribution is -2.34. The van der Waals surface area contributed by atoms with Crippen molar-refractivity contribution in [2.45, 2.75) is 65.7 Å². The molecule has 1 unspecified atom stereocenters. The number of carbonyl (C=O) groups excluding carboxylic acids is 1. The van der Waals surface area contributed by atoms with E-state index in [0.717, 1.165) is 46.1 Å². The molecule has 0 radical (unpaired) electrons. The van der Waals surface area contributed by atoms with Crippen LogP contribution >= 0.6 is 0 Å². The van der Waals surface area contributed by atoms with Crippen LogP contribution in [-0.4, -0.2) is 22.2 Å². The summed E-state index contributed by atoms with van der Waals surface area (Å²) in [6, 6.07) is 14.5. The molecule has 1 aliphatic heterocycles. The number of carbonyl (C=O) groups is 1. The van der Waals surface area contributed by atoms with Crippen molar-refractivity contribution in [2.75, 3.05) is 11.9 Å². The van der Waals surface area contributed by atoms with Crippen molar-refractivity contribution in [2.24, 2.45) is 5.41 Å². The second-order valence-corrected chi connectivity index (χ2v) is 11.6. The van der Waals surface area contributed by atoms with Crippen molar-refractivity contribution in [1.29, 1.82) is 0 Å². The van der Waals surface area contributed by atoms with E-state index in [2.05, 4.69) is 39.9 Å². The lowest BCUT2D eigenvalue weighted by Gasteiger charge is -2.39. The molecule has 2 aromatic carbocycles. The second kappa shape index (κ2) is 8.61. The third-order valence-electron chi connectivity index (χ3n) is 6.98. The summed E-state index contributed by atoms with van der Waals surface area (Å²) in [5.41, 5.74) is 4.82.